The highest BCUT2D eigenvalue weighted by atomic mass is 16.5. The Labute approximate surface area is 84.6 Å². The Morgan fingerprint density at radius 3 is 2.86 bits per heavy atom. The maximum atomic E-state index is 11.6. The van der Waals surface area contributed by atoms with E-state index >= 15 is 0 Å². The lowest BCUT2D eigenvalue weighted by Crippen LogP contribution is -2.44. The molecule has 2 N–H and O–H groups in total. The molecular formula is C10H19NO3. The summed E-state index contributed by atoms with van der Waals surface area (Å²) >= 11 is 0. The van der Waals surface area contributed by atoms with Gasteiger partial charge in [-0.25, -0.2) is 0 Å². The molecule has 3 atom stereocenters. The lowest BCUT2D eigenvalue weighted by atomic mass is 10.0. The molecule has 0 aliphatic carbocycles. The van der Waals surface area contributed by atoms with E-state index in [0.29, 0.717) is 13.2 Å². The van der Waals surface area contributed by atoms with Gasteiger partial charge < -0.3 is 15.2 Å². The van der Waals surface area contributed by atoms with E-state index in [1.165, 1.54) is 0 Å². The van der Waals surface area contributed by atoms with Crippen LogP contribution in [0.2, 0.25) is 0 Å². The summed E-state index contributed by atoms with van der Waals surface area (Å²) in [5, 5.41) is 12.2. The third-order valence-corrected chi connectivity index (χ3v) is 2.55. The number of rotatable bonds is 4. The smallest absolute Gasteiger partial charge is 0.223 e. The van der Waals surface area contributed by atoms with Crippen LogP contribution >= 0.6 is 0 Å². The number of nitrogens with one attached hydrogen (secondary N) is 1. The van der Waals surface area contributed by atoms with Crippen molar-refractivity contribution in [3.8, 4) is 0 Å². The summed E-state index contributed by atoms with van der Waals surface area (Å²) in [6, 6.07) is -0.221. The molecule has 0 saturated carbocycles. The van der Waals surface area contributed by atoms with Gasteiger partial charge in [0.1, 0.15) is 0 Å². The first-order valence-corrected chi connectivity index (χ1v) is 5.21. The lowest BCUT2D eigenvalue weighted by Gasteiger charge is -2.17. The zero-order chi connectivity index (χ0) is 10.6. The van der Waals surface area contributed by atoms with Gasteiger partial charge in [0, 0.05) is 5.92 Å². The highest BCUT2D eigenvalue weighted by molar-refractivity contribution is 5.78. The van der Waals surface area contributed by atoms with Gasteiger partial charge in [0.15, 0.2) is 0 Å². The van der Waals surface area contributed by atoms with Crippen molar-refractivity contribution in [3.63, 3.8) is 0 Å². The zero-order valence-corrected chi connectivity index (χ0v) is 8.82. The second kappa shape index (κ2) is 5.32. The van der Waals surface area contributed by atoms with Crippen LogP contribution in [0.3, 0.4) is 0 Å². The highest BCUT2D eigenvalue weighted by Crippen LogP contribution is 2.09. The molecule has 1 rings (SSSR count). The van der Waals surface area contributed by atoms with Gasteiger partial charge in [-0.05, 0) is 6.42 Å². The van der Waals surface area contributed by atoms with E-state index in [1.54, 1.807) is 0 Å². The fourth-order valence-corrected chi connectivity index (χ4v) is 1.57. The van der Waals surface area contributed by atoms with Gasteiger partial charge in [0.05, 0.1) is 25.4 Å². The summed E-state index contributed by atoms with van der Waals surface area (Å²) in [6.07, 6.45) is 1.33. The quantitative estimate of drug-likeness (QED) is 0.687. The van der Waals surface area contributed by atoms with E-state index in [0.717, 1.165) is 12.8 Å². The molecule has 0 spiro atoms. The third kappa shape index (κ3) is 2.96. The minimum atomic E-state index is -0.548. The van der Waals surface area contributed by atoms with Crippen molar-refractivity contribution in [1.29, 1.82) is 0 Å². The summed E-state index contributed by atoms with van der Waals surface area (Å²) in [5.74, 6) is 0.0363. The normalized spacial score (nSPS) is 28.8. The van der Waals surface area contributed by atoms with Gasteiger partial charge in [0.2, 0.25) is 5.91 Å². The van der Waals surface area contributed by atoms with Crippen LogP contribution in [0.15, 0.2) is 0 Å². The Morgan fingerprint density at radius 1 is 1.64 bits per heavy atom. The van der Waals surface area contributed by atoms with E-state index in [1.807, 2.05) is 6.92 Å². The van der Waals surface area contributed by atoms with Gasteiger partial charge in [-0.1, -0.05) is 20.3 Å². The van der Waals surface area contributed by atoms with Crippen LogP contribution in [0.5, 0.6) is 0 Å². The molecule has 0 aromatic carbocycles. The van der Waals surface area contributed by atoms with E-state index < -0.39 is 6.10 Å². The van der Waals surface area contributed by atoms with Gasteiger partial charge in [0.25, 0.3) is 0 Å². The van der Waals surface area contributed by atoms with Crippen molar-refractivity contribution in [2.75, 3.05) is 13.2 Å². The molecule has 1 saturated heterocycles. The first-order valence-electron chi connectivity index (χ1n) is 5.21. The number of carbonyl (C=O) groups excluding carboxylic acids is 1. The first-order chi connectivity index (χ1) is 6.65. The molecule has 0 radical (unpaired) electrons. The lowest BCUT2D eigenvalue weighted by molar-refractivity contribution is -0.126. The molecule has 0 bridgehead atoms. The average Bonchev–Trinajstić information content (AvgIpc) is 2.52. The Balaban J connectivity index is 2.32. The predicted molar refractivity (Wildman–Crippen MR) is 52.8 cm³/mol. The summed E-state index contributed by atoms with van der Waals surface area (Å²) < 4.78 is 5.05. The monoisotopic (exact) mass is 201 g/mol. The third-order valence-electron chi connectivity index (χ3n) is 2.55. The Hall–Kier alpha value is -0.610. The Bertz CT molecular complexity index is 196. The van der Waals surface area contributed by atoms with E-state index in [9.17, 15) is 9.90 Å². The number of hydrogen-bond acceptors (Lipinski definition) is 3. The number of ether oxygens (including phenoxy) is 1. The number of carbonyl (C=O) groups is 1. The van der Waals surface area contributed by atoms with Crippen LogP contribution in [0.4, 0.5) is 0 Å². The molecule has 4 heteroatoms. The molecule has 1 fully saturated rings. The molecule has 1 aliphatic heterocycles. The molecule has 1 aliphatic rings. The highest BCUT2D eigenvalue weighted by Gasteiger charge is 2.28. The van der Waals surface area contributed by atoms with Crippen molar-refractivity contribution in [2.45, 2.75) is 38.8 Å². The maximum Gasteiger partial charge on any atom is 0.223 e. The van der Waals surface area contributed by atoms with Gasteiger partial charge >= 0.3 is 0 Å². The number of amides is 1. The summed E-state index contributed by atoms with van der Waals surface area (Å²) in [5.41, 5.74) is 0. The minimum Gasteiger partial charge on any atom is -0.388 e. The van der Waals surface area contributed by atoms with Crippen LogP contribution in [-0.2, 0) is 9.53 Å². The van der Waals surface area contributed by atoms with Crippen LogP contribution in [0.25, 0.3) is 0 Å². The topological polar surface area (TPSA) is 58.6 Å². The summed E-state index contributed by atoms with van der Waals surface area (Å²) in [7, 11) is 0. The summed E-state index contributed by atoms with van der Waals surface area (Å²) in [4.78, 5) is 11.6. The molecular weight excluding hydrogens is 182 g/mol. The number of aliphatic hydroxyl groups is 1. The second-order valence-corrected chi connectivity index (χ2v) is 3.91. The Kier molecular flexibility index (Phi) is 4.35. The second-order valence-electron chi connectivity index (χ2n) is 3.91. The van der Waals surface area contributed by atoms with E-state index in [-0.39, 0.29) is 17.9 Å². The van der Waals surface area contributed by atoms with Gasteiger partial charge in [-0.3, -0.25) is 4.79 Å². The standard InChI is InChI=1S/C10H19NO3/c1-3-4-7(2)10(13)11-8-5-14-6-9(8)12/h7-9,12H,3-6H2,1-2H3,(H,11,13). The van der Waals surface area contributed by atoms with Crippen LogP contribution < -0.4 is 5.32 Å². The van der Waals surface area contributed by atoms with Crippen LogP contribution in [0, 0.1) is 5.92 Å². The largest absolute Gasteiger partial charge is 0.388 e. The van der Waals surface area contributed by atoms with Gasteiger partial charge in [-0.2, -0.15) is 0 Å². The SMILES string of the molecule is CCCC(C)C(=O)NC1COCC1O. The number of hydrogen-bond donors (Lipinski definition) is 2. The van der Waals surface area contributed by atoms with Crippen molar-refractivity contribution in [2.24, 2.45) is 5.92 Å². The Morgan fingerprint density at radius 2 is 2.36 bits per heavy atom. The molecule has 1 amide bonds. The fraction of sp³-hybridized carbons (Fsp3) is 0.900. The average molecular weight is 201 g/mol. The van der Waals surface area contributed by atoms with Gasteiger partial charge in [-0.15, -0.1) is 0 Å². The van der Waals surface area contributed by atoms with Crippen LogP contribution in [-0.4, -0.2) is 36.4 Å². The van der Waals surface area contributed by atoms with Crippen molar-refractivity contribution >= 4 is 5.91 Å². The van der Waals surface area contributed by atoms with Crippen molar-refractivity contribution in [3.05, 3.63) is 0 Å². The minimum absolute atomic E-state index is 0.0152. The van der Waals surface area contributed by atoms with E-state index in [2.05, 4.69) is 12.2 Å². The zero-order valence-electron chi connectivity index (χ0n) is 8.82. The number of aliphatic hydroxyl groups excluding tert-OH is 1. The van der Waals surface area contributed by atoms with Crippen LogP contribution in [0.1, 0.15) is 26.7 Å². The fourth-order valence-electron chi connectivity index (χ4n) is 1.57. The first kappa shape index (κ1) is 11.5. The van der Waals surface area contributed by atoms with Crippen molar-refractivity contribution < 1.29 is 14.6 Å². The molecule has 4 nitrogen and oxygen atoms in total. The molecule has 14 heavy (non-hydrogen) atoms. The molecule has 1 heterocycles. The maximum absolute atomic E-state index is 11.6. The van der Waals surface area contributed by atoms with Crippen molar-refractivity contribution in [1.82, 2.24) is 5.32 Å². The summed E-state index contributed by atoms with van der Waals surface area (Å²) in [6.45, 7) is 4.71. The molecule has 82 valence electrons. The molecule has 0 aromatic rings. The van der Waals surface area contributed by atoms with E-state index in [4.69, 9.17) is 4.74 Å². The molecule has 0 aromatic heterocycles. The molecule has 3 unspecified atom stereocenters. The predicted octanol–water partition coefficient (Wildman–Crippen LogP) is 0.298.